The molecule has 1 fully saturated rings. The van der Waals surface area contributed by atoms with Crippen molar-refractivity contribution in [3.05, 3.63) is 23.8 Å². The van der Waals surface area contributed by atoms with Crippen molar-refractivity contribution in [3.63, 3.8) is 0 Å². The van der Waals surface area contributed by atoms with Crippen LogP contribution < -0.4 is 10.5 Å². The molecule has 0 aliphatic carbocycles. The number of hydrogen-bond acceptors (Lipinski definition) is 4. The topological polar surface area (TPSA) is 98.5 Å². The van der Waals surface area contributed by atoms with E-state index < -0.39 is 15.6 Å². The zero-order chi connectivity index (χ0) is 15.0. The van der Waals surface area contributed by atoms with Crippen molar-refractivity contribution in [1.29, 1.82) is 0 Å². The molecule has 1 aliphatic heterocycles. The van der Waals surface area contributed by atoms with E-state index in [1.807, 2.05) is 0 Å². The number of hydrogen-bond donors (Lipinski definition) is 2. The molecule has 1 aromatic carbocycles. The second kappa shape index (κ2) is 5.16. The molecule has 1 amide bonds. The molecule has 1 unspecified atom stereocenters. The van der Waals surface area contributed by atoms with Gasteiger partial charge in [0.2, 0.25) is 10.0 Å². The van der Waals surface area contributed by atoms with Crippen LogP contribution in [0, 0.1) is 6.92 Å². The molecule has 0 spiro atoms. The van der Waals surface area contributed by atoms with Gasteiger partial charge in [0, 0.05) is 12.3 Å². The minimum Gasteiger partial charge on any atom is -0.365 e. The Morgan fingerprint density at radius 3 is 2.70 bits per heavy atom. The number of anilines is 1. The van der Waals surface area contributed by atoms with Crippen LogP contribution in [0.2, 0.25) is 0 Å². The molecule has 1 saturated heterocycles. The zero-order valence-corrected chi connectivity index (χ0v) is 12.3. The molecule has 1 atom stereocenters. The molecule has 0 saturated carbocycles. The number of amides is 1. The highest BCUT2D eigenvalue weighted by molar-refractivity contribution is 7.89. The van der Waals surface area contributed by atoms with Crippen LogP contribution in [0.5, 0.6) is 0 Å². The summed E-state index contributed by atoms with van der Waals surface area (Å²) in [6.07, 6.45) is 1.48. The van der Waals surface area contributed by atoms with Crippen LogP contribution in [-0.2, 0) is 19.6 Å². The van der Waals surface area contributed by atoms with Crippen LogP contribution in [0.3, 0.4) is 0 Å². The van der Waals surface area contributed by atoms with E-state index in [1.165, 1.54) is 12.1 Å². The van der Waals surface area contributed by atoms with Gasteiger partial charge in [0.05, 0.1) is 4.90 Å². The Hall–Kier alpha value is -1.44. The van der Waals surface area contributed by atoms with E-state index in [2.05, 4.69) is 5.32 Å². The fourth-order valence-electron chi connectivity index (χ4n) is 2.13. The Morgan fingerprint density at radius 2 is 2.15 bits per heavy atom. The number of ether oxygens (including phenoxy) is 1. The lowest BCUT2D eigenvalue weighted by molar-refractivity contribution is -0.133. The molecular formula is C13H18N2O4S. The number of nitrogens with one attached hydrogen (secondary N) is 1. The maximum absolute atomic E-state index is 12.2. The molecule has 3 N–H and O–H groups in total. The van der Waals surface area contributed by atoms with Crippen molar-refractivity contribution >= 4 is 21.6 Å². The molecule has 6 nitrogen and oxygen atoms in total. The average molecular weight is 298 g/mol. The highest BCUT2D eigenvalue weighted by atomic mass is 32.2. The van der Waals surface area contributed by atoms with E-state index in [0.29, 0.717) is 18.7 Å². The van der Waals surface area contributed by atoms with E-state index in [9.17, 15) is 13.2 Å². The summed E-state index contributed by atoms with van der Waals surface area (Å²) < 4.78 is 28.1. The van der Waals surface area contributed by atoms with E-state index in [-0.39, 0.29) is 10.8 Å². The quantitative estimate of drug-likeness (QED) is 0.874. The van der Waals surface area contributed by atoms with Gasteiger partial charge in [-0.2, -0.15) is 0 Å². The normalized spacial score (nSPS) is 22.8. The van der Waals surface area contributed by atoms with Gasteiger partial charge in [-0.3, -0.25) is 4.79 Å². The van der Waals surface area contributed by atoms with E-state index >= 15 is 0 Å². The zero-order valence-electron chi connectivity index (χ0n) is 11.5. The summed E-state index contributed by atoms with van der Waals surface area (Å²) in [5.74, 6) is -0.273. The van der Waals surface area contributed by atoms with Crippen molar-refractivity contribution in [2.24, 2.45) is 5.14 Å². The van der Waals surface area contributed by atoms with Crippen molar-refractivity contribution in [2.75, 3.05) is 11.9 Å². The lowest BCUT2D eigenvalue weighted by Crippen LogP contribution is -2.39. The highest BCUT2D eigenvalue weighted by Crippen LogP contribution is 2.28. The van der Waals surface area contributed by atoms with Gasteiger partial charge in [-0.25, -0.2) is 13.6 Å². The summed E-state index contributed by atoms with van der Waals surface area (Å²) in [4.78, 5) is 12.2. The summed E-state index contributed by atoms with van der Waals surface area (Å²) in [7, 11) is -3.79. The maximum atomic E-state index is 12.2. The molecule has 0 bridgehead atoms. The molecule has 1 aromatic rings. The van der Waals surface area contributed by atoms with Gasteiger partial charge < -0.3 is 10.1 Å². The monoisotopic (exact) mass is 298 g/mol. The van der Waals surface area contributed by atoms with E-state index in [4.69, 9.17) is 9.88 Å². The number of sulfonamides is 1. The first-order valence-electron chi connectivity index (χ1n) is 6.31. The Labute approximate surface area is 118 Å². The number of aryl methyl sites for hydroxylation is 1. The molecule has 20 heavy (non-hydrogen) atoms. The number of carbonyl (C=O) groups is 1. The van der Waals surface area contributed by atoms with Crippen molar-refractivity contribution in [1.82, 2.24) is 0 Å². The SMILES string of the molecule is Cc1ccc(S(N)(=O)=O)cc1NC(=O)C1(C)CCCO1. The molecule has 0 aromatic heterocycles. The molecule has 1 heterocycles. The van der Waals surface area contributed by atoms with Crippen LogP contribution in [0.1, 0.15) is 25.3 Å². The van der Waals surface area contributed by atoms with E-state index in [0.717, 1.165) is 12.0 Å². The minimum atomic E-state index is -3.79. The molecule has 2 rings (SSSR count). The summed E-state index contributed by atoms with van der Waals surface area (Å²) in [6, 6.07) is 4.38. The standard InChI is InChI=1S/C13H18N2O4S/c1-9-4-5-10(20(14,17)18)8-11(9)15-12(16)13(2)6-3-7-19-13/h4-5,8H,3,6-7H2,1-2H3,(H,15,16)(H2,14,17,18). The van der Waals surface area contributed by atoms with Gasteiger partial charge >= 0.3 is 0 Å². The van der Waals surface area contributed by atoms with E-state index in [1.54, 1.807) is 19.9 Å². The Bertz CT molecular complexity index is 634. The second-order valence-electron chi connectivity index (χ2n) is 5.16. The third-order valence-electron chi connectivity index (χ3n) is 3.48. The van der Waals surface area contributed by atoms with Crippen molar-refractivity contribution < 1.29 is 17.9 Å². The molecule has 7 heteroatoms. The van der Waals surface area contributed by atoms with Crippen LogP contribution in [0.25, 0.3) is 0 Å². The van der Waals surface area contributed by atoms with Gasteiger partial charge in [-0.15, -0.1) is 0 Å². The Balaban J connectivity index is 2.27. The van der Waals surface area contributed by atoms with Gasteiger partial charge in [0.25, 0.3) is 5.91 Å². The smallest absolute Gasteiger partial charge is 0.256 e. The number of primary sulfonamides is 1. The van der Waals surface area contributed by atoms with Crippen LogP contribution in [0.15, 0.2) is 23.1 Å². The lowest BCUT2D eigenvalue weighted by Gasteiger charge is -2.22. The van der Waals surface area contributed by atoms with Crippen molar-refractivity contribution in [2.45, 2.75) is 37.2 Å². The van der Waals surface area contributed by atoms with Crippen LogP contribution in [-0.4, -0.2) is 26.5 Å². The number of rotatable bonds is 3. The summed E-state index contributed by atoms with van der Waals surface area (Å²) in [6.45, 7) is 4.06. The number of nitrogens with two attached hydrogens (primary N) is 1. The summed E-state index contributed by atoms with van der Waals surface area (Å²) in [5.41, 5.74) is 0.329. The molecular weight excluding hydrogens is 280 g/mol. The third-order valence-corrected chi connectivity index (χ3v) is 4.40. The Kier molecular flexibility index (Phi) is 3.86. The summed E-state index contributed by atoms with van der Waals surface area (Å²) >= 11 is 0. The largest absolute Gasteiger partial charge is 0.365 e. The van der Waals surface area contributed by atoms with Crippen LogP contribution >= 0.6 is 0 Å². The van der Waals surface area contributed by atoms with Crippen molar-refractivity contribution in [3.8, 4) is 0 Å². The second-order valence-corrected chi connectivity index (χ2v) is 6.72. The first kappa shape index (κ1) is 15.0. The molecule has 1 aliphatic rings. The molecule has 110 valence electrons. The average Bonchev–Trinajstić information content (AvgIpc) is 2.79. The number of carbonyl (C=O) groups excluding carboxylic acids is 1. The van der Waals surface area contributed by atoms with Gasteiger partial charge in [-0.1, -0.05) is 6.07 Å². The lowest BCUT2D eigenvalue weighted by atomic mass is 10.0. The van der Waals surface area contributed by atoms with Gasteiger partial charge in [-0.05, 0) is 44.4 Å². The maximum Gasteiger partial charge on any atom is 0.256 e. The number of benzene rings is 1. The highest BCUT2D eigenvalue weighted by Gasteiger charge is 2.37. The van der Waals surface area contributed by atoms with Gasteiger partial charge in [0.1, 0.15) is 5.60 Å². The Morgan fingerprint density at radius 1 is 1.45 bits per heavy atom. The predicted molar refractivity (Wildman–Crippen MR) is 74.8 cm³/mol. The fourth-order valence-corrected chi connectivity index (χ4v) is 2.67. The predicted octanol–water partition coefficient (Wildman–Crippen LogP) is 1.15. The minimum absolute atomic E-state index is 0.0316. The fraction of sp³-hybridized carbons (Fsp3) is 0.462. The van der Waals surface area contributed by atoms with Gasteiger partial charge in [0.15, 0.2) is 0 Å². The van der Waals surface area contributed by atoms with Crippen LogP contribution in [0.4, 0.5) is 5.69 Å². The first-order chi connectivity index (χ1) is 9.22. The first-order valence-corrected chi connectivity index (χ1v) is 7.86. The summed E-state index contributed by atoms with van der Waals surface area (Å²) in [5, 5.41) is 7.81. The molecule has 0 radical (unpaired) electrons. The third kappa shape index (κ3) is 3.00.